The standard InChI is InChI=1S/C25H27FNO5/c1-15(2)25-21(12-11-18(28)13-19(29)14-23(30)31)24(16-7-9-17(26)10-8-16)20-5-3-4-6-22(20)27(25)32/h3-12,15,18-19,25,28-29H,13-14H2,1-2H3,(H,30,31)/q-1/b12-11+/t18-,19-,25?/m1/s1. The summed E-state index contributed by atoms with van der Waals surface area (Å²) in [6.07, 6.45) is 0.207. The Balaban J connectivity index is 2.10. The summed E-state index contributed by atoms with van der Waals surface area (Å²) in [5.41, 5.74) is 3.37. The molecule has 2 aromatic rings. The Morgan fingerprint density at radius 3 is 2.44 bits per heavy atom. The molecule has 0 saturated heterocycles. The lowest BCUT2D eigenvalue weighted by Gasteiger charge is -2.47. The highest BCUT2D eigenvalue weighted by atomic mass is 19.1. The van der Waals surface area contributed by atoms with Crippen molar-refractivity contribution < 1.29 is 24.5 Å². The van der Waals surface area contributed by atoms with Crippen molar-refractivity contribution in [2.75, 3.05) is 5.06 Å². The number of carboxylic acids is 1. The van der Waals surface area contributed by atoms with Gasteiger partial charge in [-0.1, -0.05) is 56.3 Å². The minimum atomic E-state index is -1.19. The number of rotatable bonds is 8. The lowest BCUT2D eigenvalue weighted by atomic mass is 9.81. The van der Waals surface area contributed by atoms with Gasteiger partial charge in [0.25, 0.3) is 0 Å². The average Bonchev–Trinajstić information content (AvgIpc) is 2.72. The second-order valence-corrected chi connectivity index (χ2v) is 8.28. The van der Waals surface area contributed by atoms with Crippen molar-refractivity contribution in [2.45, 2.75) is 44.9 Å². The van der Waals surface area contributed by atoms with Crippen molar-refractivity contribution in [3.05, 3.63) is 88.4 Å². The number of aliphatic hydroxyl groups is 2. The van der Waals surface area contributed by atoms with Gasteiger partial charge in [-0.25, -0.2) is 4.39 Å². The molecule has 0 aliphatic carbocycles. The van der Waals surface area contributed by atoms with Gasteiger partial charge < -0.3 is 25.6 Å². The third-order valence-corrected chi connectivity index (χ3v) is 5.46. The molecule has 3 rings (SSSR count). The molecule has 1 unspecified atom stereocenters. The number of hydrogen-bond acceptors (Lipinski definition) is 5. The lowest BCUT2D eigenvalue weighted by Crippen LogP contribution is -2.39. The van der Waals surface area contributed by atoms with Crippen molar-refractivity contribution in [3.8, 4) is 0 Å². The number of carboxylic acid groups (broad SMARTS) is 1. The molecule has 0 radical (unpaired) electrons. The van der Waals surface area contributed by atoms with Crippen LogP contribution in [0.1, 0.15) is 37.8 Å². The molecule has 0 amide bonds. The first-order valence-corrected chi connectivity index (χ1v) is 10.5. The van der Waals surface area contributed by atoms with E-state index in [0.717, 1.165) is 16.2 Å². The predicted molar refractivity (Wildman–Crippen MR) is 121 cm³/mol. The van der Waals surface area contributed by atoms with Gasteiger partial charge in [-0.15, -0.1) is 0 Å². The molecule has 6 nitrogen and oxygen atoms in total. The summed E-state index contributed by atoms with van der Waals surface area (Å²) in [6.45, 7) is 3.85. The van der Waals surface area contributed by atoms with E-state index in [-0.39, 0.29) is 18.2 Å². The SMILES string of the molecule is CC(C)C1C(/C=C/[C@@H](O)C[C@@H](O)CC(=O)O)=C(c2ccc(F)cc2)c2ccccc2N1[O-]. The van der Waals surface area contributed by atoms with Gasteiger partial charge in [0.1, 0.15) is 5.82 Å². The molecule has 2 aromatic carbocycles. The van der Waals surface area contributed by atoms with E-state index in [1.807, 2.05) is 26.0 Å². The molecular formula is C25H27FNO5-. The summed E-state index contributed by atoms with van der Waals surface area (Å²) in [5.74, 6) is -1.60. The van der Waals surface area contributed by atoms with Crippen LogP contribution in [0.4, 0.5) is 10.1 Å². The van der Waals surface area contributed by atoms with Crippen LogP contribution in [0.25, 0.3) is 5.57 Å². The molecule has 3 N–H and O–H groups in total. The summed E-state index contributed by atoms with van der Waals surface area (Å²) >= 11 is 0. The van der Waals surface area contributed by atoms with Gasteiger partial charge in [-0.2, -0.15) is 0 Å². The Morgan fingerprint density at radius 1 is 1.16 bits per heavy atom. The van der Waals surface area contributed by atoms with Gasteiger partial charge in [-0.05, 0) is 40.8 Å². The minimum Gasteiger partial charge on any atom is -0.758 e. The monoisotopic (exact) mass is 440 g/mol. The first-order valence-electron chi connectivity index (χ1n) is 10.5. The van der Waals surface area contributed by atoms with E-state index in [1.54, 1.807) is 30.3 Å². The summed E-state index contributed by atoms with van der Waals surface area (Å²) in [4.78, 5) is 10.8. The van der Waals surface area contributed by atoms with Crippen LogP contribution in [0.15, 0.2) is 66.3 Å². The molecule has 32 heavy (non-hydrogen) atoms. The first kappa shape index (κ1) is 23.7. The molecule has 0 saturated carbocycles. The molecule has 1 aliphatic heterocycles. The predicted octanol–water partition coefficient (Wildman–Crippen LogP) is 4.11. The number of hydroxylamine groups is 1. The maximum absolute atomic E-state index is 13.6. The van der Waals surface area contributed by atoms with Crippen LogP contribution in [0, 0.1) is 16.9 Å². The fourth-order valence-corrected chi connectivity index (χ4v) is 4.06. The number of benzene rings is 2. The summed E-state index contributed by atoms with van der Waals surface area (Å²) in [6, 6.07) is 12.7. The van der Waals surface area contributed by atoms with Crippen LogP contribution in [0.5, 0.6) is 0 Å². The normalized spacial score (nSPS) is 18.2. The number of hydrogen-bond donors (Lipinski definition) is 3. The number of fused-ring (bicyclic) bond motifs is 1. The largest absolute Gasteiger partial charge is 0.758 e. The van der Waals surface area contributed by atoms with Crippen LogP contribution in [0.2, 0.25) is 0 Å². The van der Waals surface area contributed by atoms with Gasteiger partial charge in [0, 0.05) is 23.7 Å². The van der Waals surface area contributed by atoms with Crippen molar-refractivity contribution >= 4 is 17.2 Å². The highest BCUT2D eigenvalue weighted by Crippen LogP contribution is 2.43. The van der Waals surface area contributed by atoms with Gasteiger partial charge in [-0.3, -0.25) is 4.79 Å². The number of carbonyl (C=O) groups is 1. The number of halogens is 1. The van der Waals surface area contributed by atoms with Crippen molar-refractivity contribution in [3.63, 3.8) is 0 Å². The van der Waals surface area contributed by atoms with Crippen LogP contribution in [-0.4, -0.2) is 39.5 Å². The third kappa shape index (κ3) is 5.24. The Labute approximate surface area is 186 Å². The Morgan fingerprint density at radius 2 is 1.81 bits per heavy atom. The van der Waals surface area contributed by atoms with E-state index in [9.17, 15) is 24.6 Å². The number of para-hydroxylation sites is 1. The van der Waals surface area contributed by atoms with Gasteiger partial charge in [0.05, 0.1) is 18.6 Å². The maximum atomic E-state index is 13.6. The first-order chi connectivity index (χ1) is 15.2. The molecular weight excluding hydrogens is 413 g/mol. The van der Waals surface area contributed by atoms with E-state index in [1.165, 1.54) is 18.2 Å². The fourth-order valence-electron chi connectivity index (χ4n) is 4.06. The third-order valence-electron chi connectivity index (χ3n) is 5.46. The zero-order valence-corrected chi connectivity index (χ0v) is 18.0. The summed E-state index contributed by atoms with van der Waals surface area (Å²) < 4.78 is 13.6. The smallest absolute Gasteiger partial charge is 0.305 e. The highest BCUT2D eigenvalue weighted by molar-refractivity contribution is 5.93. The van der Waals surface area contributed by atoms with E-state index in [2.05, 4.69) is 0 Å². The lowest BCUT2D eigenvalue weighted by molar-refractivity contribution is -0.139. The summed E-state index contributed by atoms with van der Waals surface area (Å²) in [7, 11) is 0. The van der Waals surface area contributed by atoms with Crippen molar-refractivity contribution in [1.82, 2.24) is 0 Å². The van der Waals surface area contributed by atoms with Gasteiger partial charge in [0.15, 0.2) is 0 Å². The second-order valence-electron chi connectivity index (χ2n) is 8.28. The maximum Gasteiger partial charge on any atom is 0.305 e. The average molecular weight is 440 g/mol. The van der Waals surface area contributed by atoms with Gasteiger partial charge >= 0.3 is 5.97 Å². The fraction of sp³-hybridized carbons (Fsp3) is 0.320. The molecule has 0 spiro atoms. The number of anilines is 1. The zero-order valence-electron chi connectivity index (χ0n) is 18.0. The molecule has 0 fully saturated rings. The topological polar surface area (TPSA) is 104 Å². The van der Waals surface area contributed by atoms with E-state index < -0.39 is 30.6 Å². The molecule has 7 heteroatoms. The van der Waals surface area contributed by atoms with Crippen LogP contribution in [0.3, 0.4) is 0 Å². The minimum absolute atomic E-state index is 0.0781. The van der Waals surface area contributed by atoms with Crippen LogP contribution >= 0.6 is 0 Å². The molecule has 3 atom stereocenters. The molecule has 1 heterocycles. The Bertz CT molecular complexity index is 1020. The number of nitrogens with zero attached hydrogens (tertiary/aromatic N) is 1. The molecule has 0 aromatic heterocycles. The quantitative estimate of drug-likeness (QED) is 0.571. The summed E-state index contributed by atoms with van der Waals surface area (Å²) in [5, 5.41) is 43.2. The molecule has 0 bridgehead atoms. The van der Waals surface area contributed by atoms with Crippen molar-refractivity contribution in [2.24, 2.45) is 5.92 Å². The van der Waals surface area contributed by atoms with Crippen molar-refractivity contribution in [1.29, 1.82) is 0 Å². The zero-order chi connectivity index (χ0) is 23.4. The van der Waals surface area contributed by atoms with Gasteiger partial charge in [0.2, 0.25) is 0 Å². The molecule has 170 valence electrons. The second kappa shape index (κ2) is 10.1. The van der Waals surface area contributed by atoms with E-state index in [0.29, 0.717) is 16.8 Å². The van der Waals surface area contributed by atoms with Crippen LogP contribution in [-0.2, 0) is 4.79 Å². The number of aliphatic hydroxyl groups excluding tert-OH is 2. The van der Waals surface area contributed by atoms with Crippen LogP contribution < -0.4 is 5.06 Å². The molecule has 1 aliphatic rings. The van der Waals surface area contributed by atoms with E-state index in [4.69, 9.17) is 5.11 Å². The van der Waals surface area contributed by atoms with E-state index >= 15 is 0 Å². The Kier molecular flexibility index (Phi) is 7.45. The number of aliphatic carboxylic acids is 1. The highest BCUT2D eigenvalue weighted by Gasteiger charge is 2.30. The Hall–Kier alpha value is -3.00.